The zero-order valence-electron chi connectivity index (χ0n) is 13.6. The Hall–Kier alpha value is -1.62. The lowest BCUT2D eigenvalue weighted by Crippen LogP contribution is -2.67. The van der Waals surface area contributed by atoms with Crippen LogP contribution in [0.3, 0.4) is 0 Å². The highest BCUT2D eigenvalue weighted by molar-refractivity contribution is 5.75. The monoisotopic (exact) mass is 318 g/mol. The fourth-order valence-electron chi connectivity index (χ4n) is 4.68. The van der Waals surface area contributed by atoms with Crippen molar-refractivity contribution in [3.05, 3.63) is 35.1 Å². The van der Waals surface area contributed by atoms with Crippen molar-refractivity contribution in [2.24, 2.45) is 11.3 Å². The summed E-state index contributed by atoms with van der Waals surface area (Å²) in [6, 6.07) is 4.73. The van der Waals surface area contributed by atoms with E-state index >= 15 is 0 Å². The number of nitrogens with one attached hydrogen (secondary N) is 2. The number of aryl methyl sites for hydroxylation is 1. The van der Waals surface area contributed by atoms with Crippen LogP contribution in [0.15, 0.2) is 18.2 Å². The van der Waals surface area contributed by atoms with Crippen molar-refractivity contribution < 1.29 is 13.9 Å². The van der Waals surface area contributed by atoms with E-state index in [1.54, 1.807) is 6.07 Å². The molecule has 4 nitrogen and oxygen atoms in total. The predicted molar refractivity (Wildman–Crippen MR) is 84.5 cm³/mol. The van der Waals surface area contributed by atoms with Crippen molar-refractivity contribution in [1.29, 1.82) is 0 Å². The predicted octanol–water partition coefficient (Wildman–Crippen LogP) is 2.93. The number of rotatable bonds is 2. The Morgan fingerprint density at radius 3 is 2.96 bits per heavy atom. The van der Waals surface area contributed by atoms with Crippen molar-refractivity contribution in [1.82, 2.24) is 10.6 Å². The summed E-state index contributed by atoms with van der Waals surface area (Å²) in [6.07, 6.45) is 2.98. The molecule has 0 unspecified atom stereocenters. The number of carbonyl (C=O) groups is 1. The molecular weight excluding hydrogens is 295 g/mol. The van der Waals surface area contributed by atoms with Gasteiger partial charge in [-0.2, -0.15) is 0 Å². The van der Waals surface area contributed by atoms with Gasteiger partial charge in [0.2, 0.25) is 0 Å². The summed E-state index contributed by atoms with van der Waals surface area (Å²) < 4.78 is 19.2. The van der Waals surface area contributed by atoms with Crippen LogP contribution in [-0.4, -0.2) is 24.8 Å². The second kappa shape index (κ2) is 5.20. The summed E-state index contributed by atoms with van der Waals surface area (Å²) in [5, 5.41) is 6.15. The Bertz CT molecular complexity index is 646. The Labute approximate surface area is 135 Å². The number of halogens is 1. The van der Waals surface area contributed by atoms with Crippen LogP contribution >= 0.6 is 0 Å². The minimum atomic E-state index is -0.246. The maximum atomic E-state index is 13.5. The van der Waals surface area contributed by atoms with E-state index in [1.807, 2.05) is 6.07 Å². The molecule has 4 rings (SSSR count). The highest BCUT2D eigenvalue weighted by Gasteiger charge is 2.59. The lowest BCUT2D eigenvalue weighted by Gasteiger charge is -2.54. The van der Waals surface area contributed by atoms with Gasteiger partial charge >= 0.3 is 6.03 Å². The normalized spacial score (nSPS) is 33.5. The van der Waals surface area contributed by atoms with E-state index in [9.17, 15) is 9.18 Å². The highest BCUT2D eigenvalue weighted by atomic mass is 19.1. The van der Waals surface area contributed by atoms with Crippen molar-refractivity contribution >= 4 is 6.03 Å². The molecule has 1 saturated carbocycles. The third-order valence-corrected chi connectivity index (χ3v) is 5.88. The lowest BCUT2D eigenvalue weighted by molar-refractivity contribution is -0.108. The Balaban J connectivity index is 1.41. The Morgan fingerprint density at radius 2 is 2.13 bits per heavy atom. The third kappa shape index (κ3) is 2.33. The van der Waals surface area contributed by atoms with Crippen LogP contribution < -0.4 is 10.6 Å². The van der Waals surface area contributed by atoms with Crippen LogP contribution in [0.2, 0.25) is 0 Å². The average molecular weight is 318 g/mol. The van der Waals surface area contributed by atoms with Gasteiger partial charge in [-0.15, -0.1) is 0 Å². The molecule has 5 heteroatoms. The third-order valence-electron chi connectivity index (χ3n) is 5.88. The zero-order chi connectivity index (χ0) is 16.2. The molecule has 1 heterocycles. The molecule has 1 saturated heterocycles. The smallest absolute Gasteiger partial charge is 0.315 e. The van der Waals surface area contributed by atoms with Crippen molar-refractivity contribution in [3.8, 4) is 0 Å². The van der Waals surface area contributed by atoms with Crippen LogP contribution in [0.4, 0.5) is 9.18 Å². The average Bonchev–Trinajstić information content (AvgIpc) is 3.11. The fraction of sp³-hybridized carbons (Fsp3) is 0.611. The van der Waals surface area contributed by atoms with E-state index in [-0.39, 0.29) is 35.5 Å². The van der Waals surface area contributed by atoms with Crippen molar-refractivity contribution in [2.75, 3.05) is 6.61 Å². The zero-order valence-corrected chi connectivity index (χ0v) is 13.6. The van der Waals surface area contributed by atoms with Gasteiger partial charge < -0.3 is 15.4 Å². The largest absolute Gasteiger partial charge is 0.377 e. The van der Waals surface area contributed by atoms with Crippen LogP contribution in [0, 0.1) is 17.2 Å². The van der Waals surface area contributed by atoms with Gasteiger partial charge in [0.15, 0.2) is 0 Å². The first-order chi connectivity index (χ1) is 11.0. The molecule has 0 bridgehead atoms. The van der Waals surface area contributed by atoms with E-state index in [4.69, 9.17) is 4.74 Å². The summed E-state index contributed by atoms with van der Waals surface area (Å²) in [4.78, 5) is 12.4. The Kier molecular flexibility index (Phi) is 3.38. The summed E-state index contributed by atoms with van der Waals surface area (Å²) in [5.41, 5.74) is 2.01. The quantitative estimate of drug-likeness (QED) is 0.881. The first kappa shape index (κ1) is 14.9. The van der Waals surface area contributed by atoms with E-state index < -0.39 is 0 Å². The Morgan fingerprint density at radius 1 is 1.30 bits per heavy atom. The first-order valence-electron chi connectivity index (χ1n) is 8.44. The number of hydrogen-bond donors (Lipinski definition) is 2. The fourth-order valence-corrected chi connectivity index (χ4v) is 4.68. The molecule has 2 N–H and O–H groups in total. The highest BCUT2D eigenvalue weighted by Crippen LogP contribution is 2.52. The van der Waals surface area contributed by atoms with Gasteiger partial charge in [0.1, 0.15) is 5.82 Å². The van der Waals surface area contributed by atoms with Gasteiger partial charge in [-0.3, -0.25) is 0 Å². The molecule has 1 aliphatic heterocycles. The van der Waals surface area contributed by atoms with Gasteiger partial charge in [-0.1, -0.05) is 19.9 Å². The van der Waals surface area contributed by atoms with Gasteiger partial charge in [0.25, 0.3) is 0 Å². The minimum Gasteiger partial charge on any atom is -0.377 e. The minimum absolute atomic E-state index is 0.0296. The molecule has 0 radical (unpaired) electrons. The van der Waals surface area contributed by atoms with Crippen LogP contribution in [0.1, 0.15) is 43.9 Å². The topological polar surface area (TPSA) is 50.4 Å². The maximum Gasteiger partial charge on any atom is 0.315 e. The molecule has 2 aliphatic carbocycles. The van der Waals surface area contributed by atoms with E-state index in [1.165, 1.54) is 6.07 Å². The second-order valence-electron chi connectivity index (χ2n) is 7.60. The molecule has 4 atom stereocenters. The SMILES string of the molecule is CC1(C)[C@H](NC(=O)N[C@@H]2CCc3ccc(F)cc32)[C@@H]2CCO[C@@H]21. The summed E-state index contributed by atoms with van der Waals surface area (Å²) in [5.74, 6) is 0.174. The molecule has 23 heavy (non-hydrogen) atoms. The second-order valence-corrected chi connectivity index (χ2v) is 7.60. The van der Waals surface area contributed by atoms with Gasteiger partial charge in [0.05, 0.1) is 12.1 Å². The number of ether oxygens (including phenoxy) is 1. The van der Waals surface area contributed by atoms with E-state index in [0.29, 0.717) is 5.92 Å². The number of carbonyl (C=O) groups excluding carboxylic acids is 1. The molecule has 0 aromatic heterocycles. The van der Waals surface area contributed by atoms with Crippen LogP contribution in [0.5, 0.6) is 0 Å². The van der Waals surface area contributed by atoms with Crippen LogP contribution in [-0.2, 0) is 11.2 Å². The number of benzene rings is 1. The van der Waals surface area contributed by atoms with Gasteiger partial charge in [-0.05, 0) is 42.5 Å². The molecule has 3 aliphatic rings. The van der Waals surface area contributed by atoms with Crippen LogP contribution in [0.25, 0.3) is 0 Å². The van der Waals surface area contributed by atoms with Crippen molar-refractivity contribution in [3.63, 3.8) is 0 Å². The summed E-state index contributed by atoms with van der Waals surface area (Å²) >= 11 is 0. The van der Waals surface area contributed by atoms with E-state index in [0.717, 1.165) is 37.0 Å². The van der Waals surface area contributed by atoms with Crippen molar-refractivity contribution in [2.45, 2.75) is 51.3 Å². The number of amides is 2. The summed E-state index contributed by atoms with van der Waals surface area (Å²) in [6.45, 7) is 5.07. The maximum absolute atomic E-state index is 13.5. The summed E-state index contributed by atoms with van der Waals surface area (Å²) in [7, 11) is 0. The standard InChI is InChI=1S/C18H23FN2O2/c1-18(2)15(12-7-8-23-16(12)18)21-17(22)20-14-6-4-10-3-5-11(19)9-13(10)14/h3,5,9,12,14-16H,4,6-8H2,1-2H3,(H2,20,21,22)/t12-,14+,15+,16-/m0/s1. The molecule has 0 spiro atoms. The first-order valence-corrected chi connectivity index (χ1v) is 8.44. The van der Waals surface area contributed by atoms with Gasteiger partial charge in [-0.25, -0.2) is 9.18 Å². The van der Waals surface area contributed by atoms with E-state index in [2.05, 4.69) is 24.5 Å². The lowest BCUT2D eigenvalue weighted by atomic mass is 9.57. The number of urea groups is 1. The molecule has 2 fully saturated rings. The van der Waals surface area contributed by atoms with Gasteiger partial charge in [0, 0.05) is 24.0 Å². The molecule has 1 aromatic carbocycles. The molecule has 2 amide bonds. The molecular formula is C18H23FN2O2. The molecule has 1 aromatic rings. The number of hydrogen-bond acceptors (Lipinski definition) is 2. The number of fused-ring (bicyclic) bond motifs is 2. The molecule has 124 valence electrons.